The SMILES string of the molecule is C=[N+]1c2ccc3ccccc3c2C(c2ccccc2)=C[C-]1c1cc(C)cc2c1[s+][c-]1ccccc21. The number of aryl methyl sites for hydroxylation is 1. The molecule has 1 aliphatic rings. The molecule has 0 fully saturated rings. The van der Waals surface area contributed by atoms with Gasteiger partial charge in [-0.25, -0.2) is 4.58 Å². The number of rotatable bonds is 2. The second-order valence-electron chi connectivity index (χ2n) is 9.21. The number of hydrogen-bond acceptors (Lipinski definition) is 0. The molecular weight excluding hydrogens is 442 g/mol. The van der Waals surface area contributed by atoms with E-state index in [0.29, 0.717) is 0 Å². The lowest BCUT2D eigenvalue weighted by molar-refractivity contribution is -0.400. The third-order valence-electron chi connectivity index (χ3n) is 7.02. The Labute approximate surface area is 208 Å². The van der Waals surface area contributed by atoms with Crippen LogP contribution in [0.1, 0.15) is 22.3 Å². The molecule has 0 radical (unpaired) electrons. The topological polar surface area (TPSA) is 3.01 Å². The third kappa shape index (κ3) is 3.07. The van der Waals surface area contributed by atoms with E-state index in [9.17, 15) is 0 Å². The molecule has 0 saturated heterocycles. The second-order valence-corrected chi connectivity index (χ2v) is 10.3. The number of thiophene rings is 1. The first-order valence-electron chi connectivity index (χ1n) is 11.9. The van der Waals surface area contributed by atoms with E-state index >= 15 is 0 Å². The number of benzene rings is 5. The number of nitrogens with zero attached hydrogens (tertiary/aromatic N) is 1. The third-order valence-corrected chi connectivity index (χ3v) is 8.24. The maximum Gasteiger partial charge on any atom is 0.161 e. The standard InChI is InChI=1S/C33H23NS/c1-21-18-27-25-14-8-9-15-31(25)35-33(27)28(19-21)30-20-26(22-10-4-3-5-11-22)32-24-13-7-6-12-23(24)16-17-29(32)34(30)2/h3-20H,2H2,1H3. The van der Waals surface area contributed by atoms with E-state index in [4.69, 9.17) is 0 Å². The van der Waals surface area contributed by atoms with E-state index in [0.717, 1.165) is 11.7 Å². The Morgan fingerprint density at radius 3 is 2.49 bits per heavy atom. The molecule has 5 aromatic carbocycles. The van der Waals surface area contributed by atoms with Crippen molar-refractivity contribution in [3.05, 3.63) is 137 Å². The molecular formula is C33H23NS. The minimum Gasteiger partial charge on any atom is -0.248 e. The van der Waals surface area contributed by atoms with Crippen LogP contribution in [0, 0.1) is 13.0 Å². The summed E-state index contributed by atoms with van der Waals surface area (Å²) in [5.74, 6) is 0. The molecule has 7 rings (SSSR count). The van der Waals surface area contributed by atoms with Gasteiger partial charge in [-0.3, -0.25) is 0 Å². The number of fused-ring (bicyclic) bond motifs is 6. The highest BCUT2D eigenvalue weighted by Crippen LogP contribution is 2.47. The Hall–Kier alpha value is -4.14. The molecule has 2 heteroatoms. The van der Waals surface area contributed by atoms with E-state index in [1.807, 2.05) is 11.3 Å². The Morgan fingerprint density at radius 1 is 0.800 bits per heavy atom. The summed E-state index contributed by atoms with van der Waals surface area (Å²) in [5, 5.41) is 5.14. The van der Waals surface area contributed by atoms with Crippen molar-refractivity contribution in [3.8, 4) is 0 Å². The van der Waals surface area contributed by atoms with Crippen LogP contribution in [0.15, 0.2) is 109 Å². The van der Waals surface area contributed by atoms with Gasteiger partial charge in [-0.15, -0.1) is 18.2 Å². The summed E-state index contributed by atoms with van der Waals surface area (Å²) >= 11 is 1.87. The first-order chi connectivity index (χ1) is 17.2. The van der Waals surface area contributed by atoms with Crippen LogP contribution in [0.25, 0.3) is 36.5 Å². The number of hydrogen-bond donors (Lipinski definition) is 0. The summed E-state index contributed by atoms with van der Waals surface area (Å²) in [6.07, 6.45) is 2.34. The molecule has 6 aromatic rings. The zero-order valence-corrected chi connectivity index (χ0v) is 20.3. The van der Waals surface area contributed by atoms with E-state index < -0.39 is 0 Å². The first kappa shape index (κ1) is 20.3. The predicted molar refractivity (Wildman–Crippen MR) is 151 cm³/mol. The van der Waals surface area contributed by atoms with Crippen molar-refractivity contribution in [2.24, 2.45) is 0 Å². The Balaban J connectivity index is 1.55. The van der Waals surface area contributed by atoms with Gasteiger partial charge in [-0.2, -0.15) is 0 Å². The van der Waals surface area contributed by atoms with Gasteiger partial charge in [0, 0.05) is 11.1 Å². The van der Waals surface area contributed by atoms with E-state index in [2.05, 4.69) is 127 Å². The summed E-state index contributed by atoms with van der Waals surface area (Å²) in [4.78, 5) is 0. The molecule has 1 nitrogen and oxygen atoms in total. The van der Waals surface area contributed by atoms with Crippen molar-refractivity contribution in [1.82, 2.24) is 0 Å². The van der Waals surface area contributed by atoms with E-state index in [1.165, 1.54) is 58.8 Å². The molecule has 35 heavy (non-hydrogen) atoms. The molecule has 2 heterocycles. The largest absolute Gasteiger partial charge is 0.248 e. The molecule has 1 aliphatic heterocycles. The Morgan fingerprint density at radius 2 is 1.60 bits per heavy atom. The van der Waals surface area contributed by atoms with Crippen molar-refractivity contribution < 1.29 is 4.58 Å². The lowest BCUT2D eigenvalue weighted by Crippen LogP contribution is -2.18. The van der Waals surface area contributed by atoms with E-state index in [-0.39, 0.29) is 0 Å². The first-order valence-corrected chi connectivity index (χ1v) is 12.7. The van der Waals surface area contributed by atoms with Crippen molar-refractivity contribution in [1.29, 1.82) is 0 Å². The minimum absolute atomic E-state index is 1.13. The molecule has 0 atom stereocenters. The van der Waals surface area contributed by atoms with Crippen LogP contribution in [-0.4, -0.2) is 11.3 Å². The summed E-state index contributed by atoms with van der Waals surface area (Å²) in [6.45, 7) is 6.77. The van der Waals surface area contributed by atoms with Crippen molar-refractivity contribution >= 4 is 60.3 Å². The lowest BCUT2D eigenvalue weighted by atomic mass is 9.85. The maximum absolute atomic E-state index is 4.58. The normalized spacial score (nSPS) is 13.5. The fourth-order valence-electron chi connectivity index (χ4n) is 5.41. The minimum atomic E-state index is 1.13. The van der Waals surface area contributed by atoms with Crippen molar-refractivity contribution in [2.45, 2.75) is 6.92 Å². The average Bonchev–Trinajstić information content (AvgIpc) is 3.27. The summed E-state index contributed by atoms with van der Waals surface area (Å²) in [5.41, 5.74) is 7.34. The fourth-order valence-corrected chi connectivity index (χ4v) is 6.62. The van der Waals surface area contributed by atoms with Gasteiger partial charge in [-0.1, -0.05) is 95.4 Å². The molecule has 0 unspecified atom stereocenters. The molecule has 0 aliphatic carbocycles. The molecule has 166 valence electrons. The smallest absolute Gasteiger partial charge is 0.161 e. The van der Waals surface area contributed by atoms with Crippen LogP contribution >= 0.6 is 11.3 Å². The second kappa shape index (κ2) is 7.69. The highest BCUT2D eigenvalue weighted by Gasteiger charge is 2.31. The highest BCUT2D eigenvalue weighted by molar-refractivity contribution is 7.26. The summed E-state index contributed by atoms with van der Waals surface area (Å²) in [7, 11) is 0. The van der Waals surface area contributed by atoms with Gasteiger partial charge in [0.2, 0.25) is 0 Å². The zero-order chi connectivity index (χ0) is 23.5. The average molecular weight is 466 g/mol. The fraction of sp³-hybridized carbons (Fsp3) is 0.0303. The van der Waals surface area contributed by atoms with Crippen LogP contribution in [0.2, 0.25) is 0 Å². The molecule has 0 amide bonds. The monoisotopic (exact) mass is 465 g/mol. The van der Waals surface area contributed by atoms with Crippen LogP contribution in [0.5, 0.6) is 0 Å². The van der Waals surface area contributed by atoms with Gasteiger partial charge in [0.1, 0.15) is 11.3 Å². The van der Waals surface area contributed by atoms with Crippen molar-refractivity contribution in [3.63, 3.8) is 0 Å². The lowest BCUT2D eigenvalue weighted by Gasteiger charge is -2.28. The van der Waals surface area contributed by atoms with Gasteiger partial charge < -0.3 is 0 Å². The van der Waals surface area contributed by atoms with Crippen LogP contribution in [-0.2, 0) is 0 Å². The summed E-state index contributed by atoms with van der Waals surface area (Å²) in [6, 6.07) is 38.3. The van der Waals surface area contributed by atoms with Crippen LogP contribution in [0.4, 0.5) is 5.69 Å². The molecule has 1 aromatic heterocycles. The zero-order valence-electron chi connectivity index (χ0n) is 19.5. The van der Waals surface area contributed by atoms with Gasteiger partial charge >= 0.3 is 0 Å². The predicted octanol–water partition coefficient (Wildman–Crippen LogP) is 8.89. The Kier molecular flexibility index (Phi) is 4.45. The molecule has 0 bridgehead atoms. The van der Waals surface area contributed by atoms with Crippen LogP contribution < -0.4 is 0 Å². The Bertz CT molecular complexity index is 1820. The van der Waals surface area contributed by atoms with Crippen molar-refractivity contribution in [2.75, 3.05) is 0 Å². The quantitative estimate of drug-likeness (QED) is 0.136. The maximum atomic E-state index is 4.58. The van der Waals surface area contributed by atoms with Gasteiger partial charge in [0.25, 0.3) is 0 Å². The molecule has 0 spiro atoms. The van der Waals surface area contributed by atoms with E-state index in [1.54, 1.807) is 0 Å². The van der Waals surface area contributed by atoms with Crippen LogP contribution in [0.3, 0.4) is 0 Å². The van der Waals surface area contributed by atoms with Gasteiger partial charge in [0.05, 0.1) is 6.72 Å². The van der Waals surface area contributed by atoms with Gasteiger partial charge in [-0.05, 0) is 40.8 Å². The highest BCUT2D eigenvalue weighted by atomic mass is 32.1. The molecule has 0 saturated carbocycles. The van der Waals surface area contributed by atoms with Gasteiger partial charge in [0.15, 0.2) is 21.1 Å². The molecule has 0 N–H and O–H groups in total. The summed E-state index contributed by atoms with van der Waals surface area (Å²) < 4.78 is 4.76.